The molecular formula is C56H37NOS. The van der Waals surface area contributed by atoms with Crippen LogP contribution in [0.15, 0.2) is 199 Å². The van der Waals surface area contributed by atoms with Crippen molar-refractivity contribution in [2.45, 2.75) is 12.8 Å². The second-order valence-electron chi connectivity index (χ2n) is 15.5. The third-order valence-corrected chi connectivity index (χ3v) is 13.3. The first-order valence-corrected chi connectivity index (χ1v) is 21.2. The Kier molecular flexibility index (Phi) is 7.89. The van der Waals surface area contributed by atoms with E-state index in [1.165, 1.54) is 53.2 Å². The number of para-hydroxylation sites is 2. The van der Waals surface area contributed by atoms with Crippen LogP contribution in [-0.2, 0) is 6.42 Å². The van der Waals surface area contributed by atoms with Gasteiger partial charge in [-0.1, -0.05) is 146 Å². The van der Waals surface area contributed by atoms with Crippen LogP contribution in [0.3, 0.4) is 0 Å². The summed E-state index contributed by atoms with van der Waals surface area (Å²) in [6, 6.07) is 68.7. The van der Waals surface area contributed by atoms with Gasteiger partial charge in [0.15, 0.2) is 0 Å². The molecular weight excluding hydrogens is 735 g/mol. The fraction of sp³-hybridized carbons (Fsp3) is 0.0357. The molecule has 2 aromatic heterocycles. The van der Waals surface area contributed by atoms with Gasteiger partial charge in [0.05, 0.1) is 10.4 Å². The van der Waals surface area contributed by atoms with Gasteiger partial charge in [0.1, 0.15) is 11.2 Å². The highest BCUT2D eigenvalue weighted by Gasteiger charge is 2.22. The molecule has 0 radical (unpaired) electrons. The van der Waals surface area contributed by atoms with Crippen LogP contribution < -0.4 is 4.90 Å². The van der Waals surface area contributed by atoms with E-state index in [0.29, 0.717) is 0 Å². The number of rotatable bonds is 6. The van der Waals surface area contributed by atoms with Crippen LogP contribution in [0.25, 0.3) is 92.3 Å². The third-order valence-electron chi connectivity index (χ3n) is 12.1. The van der Waals surface area contributed by atoms with Crippen LogP contribution in [0.2, 0.25) is 0 Å². The molecule has 0 N–H and O–H groups in total. The zero-order chi connectivity index (χ0) is 38.9. The maximum atomic E-state index is 6.65. The highest BCUT2D eigenvalue weighted by Crippen LogP contribution is 2.48. The van der Waals surface area contributed by atoms with Gasteiger partial charge in [-0.3, -0.25) is 0 Å². The van der Waals surface area contributed by atoms with Crippen molar-refractivity contribution in [3.63, 3.8) is 0 Å². The van der Waals surface area contributed by atoms with E-state index in [1.54, 1.807) is 0 Å². The van der Waals surface area contributed by atoms with Crippen molar-refractivity contribution in [3.05, 3.63) is 205 Å². The molecule has 11 aromatic rings. The monoisotopic (exact) mass is 771 g/mol. The Labute approximate surface area is 346 Å². The molecule has 1 aliphatic carbocycles. The maximum absolute atomic E-state index is 6.65. The van der Waals surface area contributed by atoms with Crippen molar-refractivity contribution in [3.8, 4) is 33.4 Å². The van der Waals surface area contributed by atoms with Crippen LogP contribution >= 0.6 is 11.3 Å². The Bertz CT molecular complexity index is 3440. The van der Waals surface area contributed by atoms with Crippen molar-refractivity contribution in [2.75, 3.05) is 4.90 Å². The lowest BCUT2D eigenvalue weighted by Crippen LogP contribution is -2.10. The van der Waals surface area contributed by atoms with Gasteiger partial charge in [-0.05, 0) is 117 Å². The molecule has 0 fully saturated rings. The van der Waals surface area contributed by atoms with Gasteiger partial charge in [0, 0.05) is 43.2 Å². The summed E-state index contributed by atoms with van der Waals surface area (Å²) in [5.74, 6) is 0. The molecule has 0 atom stereocenters. The molecule has 0 spiro atoms. The number of fused-ring (bicyclic) bond motifs is 9. The zero-order valence-corrected chi connectivity index (χ0v) is 33.0. The highest BCUT2D eigenvalue weighted by atomic mass is 32.1. The van der Waals surface area contributed by atoms with Crippen molar-refractivity contribution in [1.82, 2.24) is 0 Å². The number of hydrogen-bond acceptors (Lipinski definition) is 3. The fourth-order valence-electron chi connectivity index (χ4n) is 9.36. The first kappa shape index (κ1) is 33.9. The van der Waals surface area contributed by atoms with Gasteiger partial charge in [0.25, 0.3) is 0 Å². The second-order valence-corrected chi connectivity index (χ2v) is 16.6. The van der Waals surface area contributed by atoms with Crippen molar-refractivity contribution >= 4 is 87.4 Å². The van der Waals surface area contributed by atoms with E-state index in [4.69, 9.17) is 4.42 Å². The predicted molar refractivity (Wildman–Crippen MR) is 252 cm³/mol. The zero-order valence-electron chi connectivity index (χ0n) is 32.2. The number of thiophene rings is 1. The molecule has 1 aliphatic rings. The molecule has 0 bridgehead atoms. The van der Waals surface area contributed by atoms with E-state index in [1.807, 2.05) is 17.4 Å². The van der Waals surface area contributed by atoms with Crippen LogP contribution in [0.5, 0.6) is 0 Å². The SMILES string of the molecule is C1=Cc2c(c(-c3ccc(N(c4cc(-c5ccccc5)cc(-c5cccc6c5oc5ccccc56)c4)c4cccc5c4sc4ccccc45)cc3)cc3ccccc23)CC1. The van der Waals surface area contributed by atoms with Crippen LogP contribution in [0.1, 0.15) is 17.5 Å². The quantitative estimate of drug-likeness (QED) is 0.167. The first-order chi connectivity index (χ1) is 29.2. The largest absolute Gasteiger partial charge is 0.455 e. The highest BCUT2D eigenvalue weighted by molar-refractivity contribution is 7.26. The molecule has 9 aromatic carbocycles. The summed E-state index contributed by atoms with van der Waals surface area (Å²) < 4.78 is 9.20. The van der Waals surface area contributed by atoms with Crippen molar-refractivity contribution < 1.29 is 4.42 Å². The number of furan rings is 1. The van der Waals surface area contributed by atoms with E-state index in [-0.39, 0.29) is 0 Å². The lowest BCUT2D eigenvalue weighted by Gasteiger charge is -2.28. The number of benzene rings is 9. The minimum atomic E-state index is 0.899. The molecule has 0 unspecified atom stereocenters. The lowest BCUT2D eigenvalue weighted by molar-refractivity contribution is 0.670. The molecule has 0 amide bonds. The molecule has 12 rings (SSSR count). The van der Waals surface area contributed by atoms with Gasteiger partial charge in [-0.25, -0.2) is 0 Å². The number of hydrogen-bond donors (Lipinski definition) is 0. The van der Waals surface area contributed by atoms with Gasteiger partial charge < -0.3 is 9.32 Å². The molecule has 0 aliphatic heterocycles. The molecule has 278 valence electrons. The Morgan fingerprint density at radius 2 is 1.20 bits per heavy atom. The van der Waals surface area contributed by atoms with E-state index in [2.05, 4.69) is 199 Å². The molecule has 0 saturated heterocycles. The summed E-state index contributed by atoms with van der Waals surface area (Å²) in [7, 11) is 0. The van der Waals surface area contributed by atoms with Gasteiger partial charge in [-0.2, -0.15) is 0 Å². The minimum absolute atomic E-state index is 0.899. The third kappa shape index (κ3) is 5.61. The Balaban J connectivity index is 1.10. The van der Waals surface area contributed by atoms with Crippen LogP contribution in [-0.4, -0.2) is 0 Å². The number of nitrogens with zero attached hydrogens (tertiary/aromatic N) is 1. The lowest BCUT2D eigenvalue weighted by atomic mass is 9.85. The topological polar surface area (TPSA) is 16.4 Å². The number of anilines is 3. The van der Waals surface area contributed by atoms with E-state index in [0.717, 1.165) is 74.1 Å². The average Bonchev–Trinajstić information content (AvgIpc) is 3.89. The summed E-state index contributed by atoms with van der Waals surface area (Å²) in [6.45, 7) is 0. The standard InChI is InChI=1S/C56H37NOS/c1-2-14-36(15-3-1)39-32-40(44-22-12-23-49-47-20-8-10-26-53(47)58-55(44)49)34-42(33-39)57(52-25-13-24-50-48-21-9-11-27-54(48)59-56(50)52)41-30-28-37(29-31-41)51-35-38-16-4-5-17-43(38)45-18-6-7-19-46(45)51/h1-6,8-18,20-35H,7,19H2. The van der Waals surface area contributed by atoms with E-state index >= 15 is 0 Å². The summed E-state index contributed by atoms with van der Waals surface area (Å²) in [5, 5.41) is 7.42. The Morgan fingerprint density at radius 1 is 0.475 bits per heavy atom. The first-order valence-electron chi connectivity index (χ1n) is 20.4. The molecule has 59 heavy (non-hydrogen) atoms. The Hall–Kier alpha value is -7.20. The predicted octanol–water partition coefficient (Wildman–Crippen LogP) is 16.5. The fourth-order valence-corrected chi connectivity index (χ4v) is 10.6. The second kappa shape index (κ2) is 13.7. The summed E-state index contributed by atoms with van der Waals surface area (Å²) in [4.78, 5) is 2.47. The summed E-state index contributed by atoms with van der Waals surface area (Å²) in [6.07, 6.45) is 6.75. The van der Waals surface area contributed by atoms with Gasteiger partial charge in [0.2, 0.25) is 0 Å². The summed E-state index contributed by atoms with van der Waals surface area (Å²) >= 11 is 1.86. The van der Waals surface area contributed by atoms with Gasteiger partial charge in [-0.15, -0.1) is 11.3 Å². The smallest absolute Gasteiger partial charge is 0.143 e. The van der Waals surface area contributed by atoms with Crippen molar-refractivity contribution in [1.29, 1.82) is 0 Å². The summed E-state index contributed by atoms with van der Waals surface area (Å²) in [5.41, 5.74) is 15.0. The number of allylic oxidation sites excluding steroid dienone is 1. The minimum Gasteiger partial charge on any atom is -0.455 e. The van der Waals surface area contributed by atoms with E-state index < -0.39 is 0 Å². The Morgan fingerprint density at radius 3 is 2.10 bits per heavy atom. The van der Waals surface area contributed by atoms with Crippen LogP contribution in [0, 0.1) is 0 Å². The average molecular weight is 772 g/mol. The normalized spacial score (nSPS) is 12.5. The van der Waals surface area contributed by atoms with Crippen LogP contribution in [0.4, 0.5) is 17.1 Å². The molecule has 3 heteroatoms. The van der Waals surface area contributed by atoms with Gasteiger partial charge >= 0.3 is 0 Å². The molecule has 2 nitrogen and oxygen atoms in total. The van der Waals surface area contributed by atoms with Crippen molar-refractivity contribution in [2.24, 2.45) is 0 Å². The van der Waals surface area contributed by atoms with E-state index in [9.17, 15) is 0 Å². The molecule has 0 saturated carbocycles. The maximum Gasteiger partial charge on any atom is 0.143 e. The molecule has 2 heterocycles.